The first-order chi connectivity index (χ1) is 9.48. The fourth-order valence-corrected chi connectivity index (χ4v) is 2.03. The molecule has 0 amide bonds. The minimum absolute atomic E-state index is 0.150. The van der Waals surface area contributed by atoms with Crippen LogP contribution in [0.1, 0.15) is 31.4 Å². The first kappa shape index (κ1) is 16.8. The van der Waals surface area contributed by atoms with Crippen molar-refractivity contribution in [3.05, 3.63) is 29.8 Å². The van der Waals surface area contributed by atoms with Crippen molar-refractivity contribution in [1.29, 1.82) is 0 Å². The van der Waals surface area contributed by atoms with E-state index in [-0.39, 0.29) is 11.8 Å². The van der Waals surface area contributed by atoms with Gasteiger partial charge in [-0.05, 0) is 25.5 Å². The molecule has 20 heavy (non-hydrogen) atoms. The summed E-state index contributed by atoms with van der Waals surface area (Å²) in [6.45, 7) is 3.15. The first-order valence-electron chi connectivity index (χ1n) is 6.55. The Labute approximate surface area is 117 Å². The van der Waals surface area contributed by atoms with Crippen molar-refractivity contribution in [2.24, 2.45) is 0 Å². The van der Waals surface area contributed by atoms with Gasteiger partial charge < -0.3 is 14.8 Å². The third-order valence-electron chi connectivity index (χ3n) is 2.81. The van der Waals surface area contributed by atoms with Crippen LogP contribution in [0.15, 0.2) is 24.3 Å². The average Bonchev–Trinajstić information content (AvgIpc) is 2.37. The molecule has 0 aliphatic heterocycles. The highest BCUT2D eigenvalue weighted by atomic mass is 19.4. The molecule has 0 fully saturated rings. The van der Waals surface area contributed by atoms with Gasteiger partial charge in [-0.3, -0.25) is 0 Å². The normalized spacial score (nSPS) is 13.2. The number of methoxy groups -OCH3 is 1. The number of rotatable bonds is 8. The number of ether oxygens (including phenoxy) is 2. The number of nitrogens with one attached hydrogen (secondary N) is 1. The summed E-state index contributed by atoms with van der Waals surface area (Å²) < 4.78 is 46.3. The average molecular weight is 291 g/mol. The number of hydrogen-bond donors (Lipinski definition) is 1. The summed E-state index contributed by atoms with van der Waals surface area (Å²) in [5.41, 5.74) is 0.516. The minimum atomic E-state index is -4.68. The molecule has 0 aliphatic carbocycles. The molecule has 0 heterocycles. The van der Waals surface area contributed by atoms with E-state index in [0.717, 1.165) is 6.42 Å². The van der Waals surface area contributed by atoms with Gasteiger partial charge in [0.05, 0.1) is 0 Å². The fraction of sp³-hybridized carbons (Fsp3) is 0.571. The molecule has 0 aliphatic rings. The molecule has 0 saturated heterocycles. The molecule has 0 aromatic heterocycles. The van der Waals surface area contributed by atoms with Crippen molar-refractivity contribution in [3.8, 4) is 5.75 Å². The van der Waals surface area contributed by atoms with E-state index in [0.29, 0.717) is 25.1 Å². The van der Waals surface area contributed by atoms with Gasteiger partial charge in [-0.25, -0.2) is 0 Å². The third kappa shape index (κ3) is 5.79. The van der Waals surface area contributed by atoms with Crippen LogP contribution in [0, 0.1) is 0 Å². The first-order valence-corrected chi connectivity index (χ1v) is 6.55. The van der Waals surface area contributed by atoms with Gasteiger partial charge in [0.15, 0.2) is 0 Å². The Hall–Kier alpha value is -1.27. The number of alkyl halides is 3. The molecular weight excluding hydrogens is 271 g/mol. The van der Waals surface area contributed by atoms with Crippen LogP contribution >= 0.6 is 0 Å². The molecule has 1 N–H and O–H groups in total. The van der Waals surface area contributed by atoms with Crippen LogP contribution in [-0.4, -0.2) is 26.6 Å². The van der Waals surface area contributed by atoms with Gasteiger partial charge in [-0.2, -0.15) is 0 Å². The fourth-order valence-electron chi connectivity index (χ4n) is 2.03. The van der Waals surface area contributed by atoms with E-state index in [4.69, 9.17) is 4.74 Å². The minimum Gasteiger partial charge on any atom is -0.405 e. The predicted octanol–water partition coefficient (Wildman–Crippen LogP) is 3.66. The Morgan fingerprint density at radius 3 is 2.55 bits per heavy atom. The summed E-state index contributed by atoms with van der Waals surface area (Å²) in [7, 11) is 1.60. The van der Waals surface area contributed by atoms with Gasteiger partial charge in [-0.15, -0.1) is 13.2 Å². The lowest BCUT2D eigenvalue weighted by atomic mass is 10.0. The second kappa shape index (κ2) is 8.11. The Morgan fingerprint density at radius 1 is 1.25 bits per heavy atom. The number of halogens is 3. The molecule has 114 valence electrons. The maximum absolute atomic E-state index is 12.4. The number of para-hydroxylation sites is 1. The van der Waals surface area contributed by atoms with E-state index in [1.165, 1.54) is 12.1 Å². The van der Waals surface area contributed by atoms with Crippen molar-refractivity contribution in [1.82, 2.24) is 5.32 Å². The Balaban J connectivity index is 2.88. The monoisotopic (exact) mass is 291 g/mol. The molecule has 3 nitrogen and oxygen atoms in total. The van der Waals surface area contributed by atoms with Crippen molar-refractivity contribution >= 4 is 0 Å². The zero-order valence-corrected chi connectivity index (χ0v) is 11.7. The van der Waals surface area contributed by atoms with Crippen LogP contribution in [0.4, 0.5) is 13.2 Å². The predicted molar refractivity (Wildman–Crippen MR) is 70.7 cm³/mol. The van der Waals surface area contributed by atoms with Gasteiger partial charge >= 0.3 is 6.36 Å². The topological polar surface area (TPSA) is 30.5 Å². The Bertz CT molecular complexity index is 396. The summed E-state index contributed by atoms with van der Waals surface area (Å²) in [6, 6.07) is 6.04. The van der Waals surface area contributed by atoms with Crippen LogP contribution < -0.4 is 10.1 Å². The van der Waals surface area contributed by atoms with Crippen molar-refractivity contribution in [2.45, 2.75) is 32.2 Å². The third-order valence-corrected chi connectivity index (χ3v) is 2.81. The van der Waals surface area contributed by atoms with Crippen LogP contribution in [0.3, 0.4) is 0 Å². The van der Waals surface area contributed by atoms with E-state index in [2.05, 4.69) is 10.1 Å². The smallest absolute Gasteiger partial charge is 0.405 e. The number of benzene rings is 1. The quantitative estimate of drug-likeness (QED) is 0.741. The zero-order valence-electron chi connectivity index (χ0n) is 11.7. The molecule has 1 aromatic carbocycles. The zero-order chi connectivity index (χ0) is 15.0. The standard InChI is InChI=1S/C14H20F3NO2/c1-3-18-12(8-6-10-19-2)11-7-4-5-9-13(11)20-14(15,16)17/h4-5,7,9,12,18H,3,6,8,10H2,1-2H3. The van der Waals surface area contributed by atoms with Crippen molar-refractivity contribution in [2.75, 3.05) is 20.3 Å². The summed E-state index contributed by atoms with van der Waals surface area (Å²) in [4.78, 5) is 0. The van der Waals surface area contributed by atoms with E-state index in [1.54, 1.807) is 19.2 Å². The maximum Gasteiger partial charge on any atom is 0.573 e. The lowest BCUT2D eigenvalue weighted by Crippen LogP contribution is -2.24. The van der Waals surface area contributed by atoms with Crippen molar-refractivity contribution < 1.29 is 22.6 Å². The molecule has 0 radical (unpaired) electrons. The maximum atomic E-state index is 12.4. The Morgan fingerprint density at radius 2 is 1.95 bits per heavy atom. The van der Waals surface area contributed by atoms with Crippen LogP contribution in [-0.2, 0) is 4.74 Å². The highest BCUT2D eigenvalue weighted by Gasteiger charge is 2.32. The summed E-state index contributed by atoms with van der Waals surface area (Å²) in [5, 5.41) is 3.18. The van der Waals surface area contributed by atoms with Crippen LogP contribution in [0.25, 0.3) is 0 Å². The second-order valence-corrected chi connectivity index (χ2v) is 4.33. The molecular formula is C14H20F3NO2. The van der Waals surface area contributed by atoms with Gasteiger partial charge in [0, 0.05) is 25.3 Å². The van der Waals surface area contributed by atoms with Gasteiger partial charge in [0.25, 0.3) is 0 Å². The molecule has 1 unspecified atom stereocenters. The summed E-state index contributed by atoms with van der Waals surface area (Å²) >= 11 is 0. The van der Waals surface area contributed by atoms with E-state index < -0.39 is 6.36 Å². The largest absolute Gasteiger partial charge is 0.573 e. The van der Waals surface area contributed by atoms with Gasteiger partial charge in [0.1, 0.15) is 5.75 Å². The Kier molecular flexibility index (Phi) is 6.81. The highest BCUT2D eigenvalue weighted by Crippen LogP contribution is 2.32. The molecule has 6 heteroatoms. The van der Waals surface area contributed by atoms with Crippen LogP contribution in [0.2, 0.25) is 0 Å². The molecule has 0 spiro atoms. The summed E-state index contributed by atoms with van der Waals surface area (Å²) in [5.74, 6) is -0.150. The van der Waals surface area contributed by atoms with E-state index in [1.807, 2.05) is 6.92 Å². The molecule has 1 atom stereocenters. The SMILES string of the molecule is CCNC(CCCOC)c1ccccc1OC(F)(F)F. The van der Waals surface area contributed by atoms with Crippen molar-refractivity contribution in [3.63, 3.8) is 0 Å². The van der Waals surface area contributed by atoms with E-state index in [9.17, 15) is 13.2 Å². The van der Waals surface area contributed by atoms with Gasteiger partial charge in [-0.1, -0.05) is 25.1 Å². The molecule has 1 rings (SSSR count). The molecule has 0 bridgehead atoms. The second-order valence-electron chi connectivity index (χ2n) is 4.33. The molecule has 0 saturated carbocycles. The van der Waals surface area contributed by atoms with E-state index >= 15 is 0 Å². The summed E-state index contributed by atoms with van der Waals surface area (Å²) in [6.07, 6.45) is -3.24. The highest BCUT2D eigenvalue weighted by molar-refractivity contribution is 5.36. The van der Waals surface area contributed by atoms with Crippen LogP contribution in [0.5, 0.6) is 5.75 Å². The lowest BCUT2D eigenvalue weighted by molar-refractivity contribution is -0.275. The number of hydrogen-bond acceptors (Lipinski definition) is 3. The lowest BCUT2D eigenvalue weighted by Gasteiger charge is -2.21. The van der Waals surface area contributed by atoms with Gasteiger partial charge in [0.2, 0.25) is 0 Å². The molecule has 1 aromatic rings.